The van der Waals surface area contributed by atoms with Gasteiger partial charge in [-0.15, -0.1) is 0 Å². The second kappa shape index (κ2) is 5.19. The molecule has 1 heterocycles. The second-order valence-corrected chi connectivity index (χ2v) is 5.49. The zero-order chi connectivity index (χ0) is 14.1. The van der Waals surface area contributed by atoms with E-state index in [0.29, 0.717) is 21.3 Å². The van der Waals surface area contributed by atoms with E-state index in [1.165, 1.54) is 23.9 Å². The Morgan fingerprint density at radius 3 is 2.85 bits per heavy atom. The van der Waals surface area contributed by atoms with Crippen molar-refractivity contribution in [2.24, 2.45) is 0 Å². The van der Waals surface area contributed by atoms with Gasteiger partial charge in [-0.05, 0) is 48.2 Å². The molecular weight excluding hydrogens is 298 g/mol. The SMILES string of the molecule is O=C(O)c1ccc2nc(Sc3cccc(Cl)c3)oc2c1. The van der Waals surface area contributed by atoms with Gasteiger partial charge >= 0.3 is 5.97 Å². The summed E-state index contributed by atoms with van der Waals surface area (Å²) >= 11 is 7.25. The van der Waals surface area contributed by atoms with Crippen molar-refractivity contribution >= 4 is 40.4 Å². The van der Waals surface area contributed by atoms with Crippen LogP contribution in [0.2, 0.25) is 5.02 Å². The number of benzene rings is 2. The van der Waals surface area contributed by atoms with Crippen molar-refractivity contribution < 1.29 is 14.3 Å². The number of nitrogens with zero attached hydrogens (tertiary/aromatic N) is 1. The molecule has 0 aliphatic heterocycles. The summed E-state index contributed by atoms with van der Waals surface area (Å²) in [5.74, 6) is -0.993. The van der Waals surface area contributed by atoms with E-state index in [0.717, 1.165) is 4.90 Å². The van der Waals surface area contributed by atoms with Crippen molar-refractivity contribution in [3.63, 3.8) is 0 Å². The van der Waals surface area contributed by atoms with Crippen LogP contribution in [0.1, 0.15) is 10.4 Å². The molecule has 20 heavy (non-hydrogen) atoms. The number of carboxylic acid groups (broad SMARTS) is 1. The topological polar surface area (TPSA) is 63.3 Å². The summed E-state index contributed by atoms with van der Waals surface area (Å²) in [6.07, 6.45) is 0. The summed E-state index contributed by atoms with van der Waals surface area (Å²) in [6, 6.07) is 11.9. The van der Waals surface area contributed by atoms with Crippen LogP contribution in [0.5, 0.6) is 0 Å². The largest absolute Gasteiger partial charge is 0.478 e. The van der Waals surface area contributed by atoms with Gasteiger partial charge in [0.1, 0.15) is 5.52 Å². The maximum absolute atomic E-state index is 10.9. The Morgan fingerprint density at radius 2 is 2.10 bits per heavy atom. The Labute approximate surface area is 123 Å². The van der Waals surface area contributed by atoms with Gasteiger partial charge < -0.3 is 9.52 Å². The molecular formula is C14H8ClNO3S. The highest BCUT2D eigenvalue weighted by atomic mass is 35.5. The van der Waals surface area contributed by atoms with E-state index < -0.39 is 5.97 Å². The highest BCUT2D eigenvalue weighted by Gasteiger charge is 2.10. The molecule has 0 aliphatic carbocycles. The number of carbonyl (C=O) groups is 1. The standard InChI is InChI=1S/C14H8ClNO3S/c15-9-2-1-3-10(7-9)20-14-16-11-5-4-8(13(17)18)6-12(11)19-14/h1-7H,(H,17,18). The molecule has 6 heteroatoms. The number of aromatic nitrogens is 1. The van der Waals surface area contributed by atoms with Gasteiger partial charge in [-0.3, -0.25) is 0 Å². The summed E-state index contributed by atoms with van der Waals surface area (Å²) in [7, 11) is 0. The fourth-order valence-corrected chi connectivity index (χ4v) is 2.78. The molecule has 0 amide bonds. The third kappa shape index (κ3) is 2.64. The molecule has 0 bridgehead atoms. The highest BCUT2D eigenvalue weighted by Crippen LogP contribution is 2.31. The van der Waals surface area contributed by atoms with Gasteiger partial charge in [0.15, 0.2) is 5.58 Å². The first-order chi connectivity index (χ1) is 9.61. The first-order valence-corrected chi connectivity index (χ1v) is 6.88. The molecule has 0 radical (unpaired) electrons. The molecule has 3 aromatic rings. The van der Waals surface area contributed by atoms with Crippen LogP contribution in [0, 0.1) is 0 Å². The van der Waals surface area contributed by atoms with E-state index in [2.05, 4.69) is 4.98 Å². The molecule has 1 aromatic heterocycles. The minimum absolute atomic E-state index is 0.174. The van der Waals surface area contributed by atoms with Gasteiger partial charge in [0, 0.05) is 9.92 Å². The number of rotatable bonds is 3. The summed E-state index contributed by atoms with van der Waals surface area (Å²) in [4.78, 5) is 16.1. The third-order valence-corrected chi connectivity index (χ3v) is 3.69. The zero-order valence-corrected chi connectivity index (χ0v) is 11.6. The molecule has 3 rings (SSSR count). The summed E-state index contributed by atoms with van der Waals surface area (Å²) < 4.78 is 5.55. The lowest BCUT2D eigenvalue weighted by molar-refractivity contribution is 0.0697. The normalized spacial score (nSPS) is 10.8. The molecule has 0 saturated heterocycles. The quantitative estimate of drug-likeness (QED) is 0.780. The molecule has 0 spiro atoms. The molecule has 1 N–H and O–H groups in total. The fourth-order valence-electron chi connectivity index (χ4n) is 1.71. The van der Waals surface area contributed by atoms with E-state index in [4.69, 9.17) is 21.1 Å². The molecule has 100 valence electrons. The van der Waals surface area contributed by atoms with Crippen molar-refractivity contribution in [3.05, 3.63) is 53.1 Å². The van der Waals surface area contributed by atoms with Gasteiger partial charge in [0.25, 0.3) is 5.22 Å². The molecule has 0 fully saturated rings. The minimum atomic E-state index is -0.993. The summed E-state index contributed by atoms with van der Waals surface area (Å²) in [6.45, 7) is 0. The minimum Gasteiger partial charge on any atom is -0.478 e. The van der Waals surface area contributed by atoms with Crippen LogP contribution in [0.3, 0.4) is 0 Å². The van der Waals surface area contributed by atoms with Crippen molar-refractivity contribution in [1.82, 2.24) is 4.98 Å². The number of hydrogen-bond acceptors (Lipinski definition) is 4. The van der Waals surface area contributed by atoms with Crippen molar-refractivity contribution in [3.8, 4) is 0 Å². The predicted octanol–water partition coefficient (Wildman–Crippen LogP) is 4.33. The Morgan fingerprint density at radius 1 is 1.25 bits per heavy atom. The van der Waals surface area contributed by atoms with E-state index in [9.17, 15) is 4.79 Å². The van der Waals surface area contributed by atoms with Crippen LogP contribution >= 0.6 is 23.4 Å². The van der Waals surface area contributed by atoms with Gasteiger partial charge in [0.2, 0.25) is 0 Å². The van der Waals surface area contributed by atoms with Gasteiger partial charge in [-0.2, -0.15) is 0 Å². The average Bonchev–Trinajstić information content (AvgIpc) is 2.79. The highest BCUT2D eigenvalue weighted by molar-refractivity contribution is 7.99. The number of hydrogen-bond donors (Lipinski definition) is 1. The Balaban J connectivity index is 1.95. The molecule has 0 saturated carbocycles. The Kier molecular flexibility index (Phi) is 3.38. The van der Waals surface area contributed by atoms with Gasteiger partial charge in [0.05, 0.1) is 5.56 Å². The van der Waals surface area contributed by atoms with E-state index in [1.54, 1.807) is 12.1 Å². The average molecular weight is 306 g/mol. The number of carboxylic acids is 1. The molecule has 0 aliphatic rings. The Bertz CT molecular complexity index is 800. The molecule has 4 nitrogen and oxygen atoms in total. The number of oxazole rings is 1. The van der Waals surface area contributed by atoms with Crippen LogP contribution in [0.15, 0.2) is 57.0 Å². The van der Waals surface area contributed by atoms with E-state index in [-0.39, 0.29) is 5.56 Å². The molecule has 0 unspecified atom stereocenters. The molecule has 0 atom stereocenters. The van der Waals surface area contributed by atoms with Crippen molar-refractivity contribution in [2.45, 2.75) is 10.1 Å². The van der Waals surface area contributed by atoms with Crippen LogP contribution in [0.25, 0.3) is 11.1 Å². The van der Waals surface area contributed by atoms with Crippen LogP contribution < -0.4 is 0 Å². The van der Waals surface area contributed by atoms with Crippen molar-refractivity contribution in [1.29, 1.82) is 0 Å². The first-order valence-electron chi connectivity index (χ1n) is 5.69. The number of halogens is 1. The van der Waals surface area contributed by atoms with Crippen LogP contribution in [0.4, 0.5) is 0 Å². The predicted molar refractivity (Wildman–Crippen MR) is 76.5 cm³/mol. The number of fused-ring (bicyclic) bond motifs is 1. The van der Waals surface area contributed by atoms with Crippen LogP contribution in [-0.4, -0.2) is 16.1 Å². The van der Waals surface area contributed by atoms with Crippen LogP contribution in [-0.2, 0) is 0 Å². The smallest absolute Gasteiger partial charge is 0.335 e. The van der Waals surface area contributed by atoms with E-state index in [1.807, 2.05) is 18.2 Å². The number of aromatic carboxylic acids is 1. The van der Waals surface area contributed by atoms with Crippen molar-refractivity contribution in [2.75, 3.05) is 0 Å². The summed E-state index contributed by atoms with van der Waals surface area (Å²) in [5, 5.41) is 10.0. The lowest BCUT2D eigenvalue weighted by atomic mass is 10.2. The fraction of sp³-hybridized carbons (Fsp3) is 0. The monoisotopic (exact) mass is 305 g/mol. The molecule has 2 aromatic carbocycles. The summed E-state index contributed by atoms with van der Waals surface area (Å²) in [5.41, 5.74) is 1.25. The van der Waals surface area contributed by atoms with Gasteiger partial charge in [-0.1, -0.05) is 17.7 Å². The maximum atomic E-state index is 10.9. The lowest BCUT2D eigenvalue weighted by Gasteiger charge is -1.96. The lowest BCUT2D eigenvalue weighted by Crippen LogP contribution is -1.94. The second-order valence-electron chi connectivity index (χ2n) is 4.03. The van der Waals surface area contributed by atoms with Gasteiger partial charge in [-0.25, -0.2) is 9.78 Å². The Hall–Kier alpha value is -1.98. The first kappa shape index (κ1) is 13.0. The van der Waals surface area contributed by atoms with E-state index >= 15 is 0 Å². The third-order valence-electron chi connectivity index (χ3n) is 2.62. The maximum Gasteiger partial charge on any atom is 0.335 e. The zero-order valence-electron chi connectivity index (χ0n) is 10.0.